The maximum Gasteiger partial charge on any atom is 0.472 e. The molecule has 0 aromatic carbocycles. The van der Waals surface area contributed by atoms with Crippen molar-refractivity contribution in [2.75, 3.05) is 39.6 Å². The average molecular weight is 1480 g/mol. The first-order valence-corrected chi connectivity index (χ1v) is 43.2. The fraction of sp³-hybridized carbons (Fsp3) is 0.735. The SMILES string of the molecule is CCCCC/C=C\C/C=C\C/C=C\C/C=C\CCCC(=O)OC[C@H](COP(=O)(O)OC[C@H](O)COP(=O)(O)OC[C@@H](COC(=O)CCCCCCC/C=C\C=C/CCCCCC)OC(=O)CCCCCCC/C=C\C=C/CCCCCC)OC(=O)CCCCCCC/C=C\CCCCCCCC. The number of aliphatic hydroxyl groups excluding tert-OH is 1. The Bertz CT molecular complexity index is 2360. The molecule has 3 N–H and O–H groups in total. The van der Waals surface area contributed by atoms with Crippen molar-refractivity contribution in [1.82, 2.24) is 0 Å². The van der Waals surface area contributed by atoms with Gasteiger partial charge in [-0.25, -0.2) is 9.13 Å². The van der Waals surface area contributed by atoms with Crippen molar-refractivity contribution >= 4 is 39.5 Å². The third kappa shape index (κ3) is 74.0. The molecule has 102 heavy (non-hydrogen) atoms. The number of aliphatic hydroxyl groups is 1. The molecule has 0 rings (SSSR count). The molecule has 0 aliphatic carbocycles. The van der Waals surface area contributed by atoms with Crippen LogP contribution in [0.2, 0.25) is 0 Å². The molecule has 0 aromatic heterocycles. The normalized spacial score (nSPS) is 14.5. The summed E-state index contributed by atoms with van der Waals surface area (Å²) in [6.45, 7) is 4.72. The summed E-state index contributed by atoms with van der Waals surface area (Å²) in [4.78, 5) is 73.0. The van der Waals surface area contributed by atoms with Crippen LogP contribution in [-0.2, 0) is 65.4 Å². The Balaban J connectivity index is 5.43. The van der Waals surface area contributed by atoms with Crippen molar-refractivity contribution in [2.24, 2.45) is 0 Å². The monoisotopic (exact) mass is 1470 g/mol. The van der Waals surface area contributed by atoms with E-state index in [0.717, 1.165) is 141 Å². The van der Waals surface area contributed by atoms with Gasteiger partial charge >= 0.3 is 39.5 Å². The fourth-order valence-electron chi connectivity index (χ4n) is 10.5. The highest BCUT2D eigenvalue weighted by atomic mass is 31.2. The van der Waals surface area contributed by atoms with Gasteiger partial charge in [0.2, 0.25) is 0 Å². The van der Waals surface area contributed by atoms with Gasteiger partial charge in [-0.2, -0.15) is 0 Å². The lowest BCUT2D eigenvalue weighted by Gasteiger charge is -2.21. The van der Waals surface area contributed by atoms with Crippen LogP contribution < -0.4 is 0 Å². The summed E-state index contributed by atoms with van der Waals surface area (Å²) < 4.78 is 68.5. The summed E-state index contributed by atoms with van der Waals surface area (Å²) in [5.74, 6) is -2.27. The minimum absolute atomic E-state index is 0.0720. The first-order chi connectivity index (χ1) is 49.7. The molecule has 5 atom stereocenters. The van der Waals surface area contributed by atoms with Gasteiger partial charge < -0.3 is 33.8 Å². The van der Waals surface area contributed by atoms with Crippen LogP contribution in [0.4, 0.5) is 0 Å². The predicted octanol–water partition coefficient (Wildman–Crippen LogP) is 23.3. The molecular formula is C83H144O17P2. The summed E-state index contributed by atoms with van der Waals surface area (Å²) in [5, 5.41) is 10.6. The molecule has 0 aliphatic heterocycles. The summed E-state index contributed by atoms with van der Waals surface area (Å²) in [5.41, 5.74) is 0. The molecule has 19 heteroatoms. The maximum atomic E-state index is 13.1. The standard InChI is InChI=1S/C83H144O17P2/c1-5-9-13-17-21-25-29-33-37-38-42-44-48-52-56-60-64-68-81(86)94-74-79(100-83(88)70-66-62-58-54-50-46-41-36-32-28-24-20-16-12-8-4)76-98-102(91,92)96-72-77(84)71-95-101(89,90)97-75-78(99-82(87)69-65-61-57-53-49-45-40-35-31-27-23-19-15-11-7-3)73-93-80(85)67-63-59-55-51-47-43-39-34-30-26-22-18-14-10-6-2/h21,25-27,30-31,33-37,39-42,44,52,56,77-79,84H,5-20,22-24,28-29,32,38,43,45-51,53-55,57-76H2,1-4H3,(H,89,90)(H,91,92)/b25-21-,30-26-,31-27-,37-33-,39-34-,40-35-,41-36-,44-42-,56-52-/t77-,78-,79-/m1/s1. The number of ether oxygens (including phenoxy) is 4. The number of phosphoric acid groups is 2. The zero-order valence-electron chi connectivity index (χ0n) is 64.3. The second kappa shape index (κ2) is 75.0. The van der Waals surface area contributed by atoms with Gasteiger partial charge in [0.05, 0.1) is 26.4 Å². The fourth-order valence-corrected chi connectivity index (χ4v) is 12.1. The van der Waals surface area contributed by atoms with E-state index in [1.165, 1.54) is 109 Å². The van der Waals surface area contributed by atoms with E-state index in [1.54, 1.807) is 0 Å². The maximum absolute atomic E-state index is 13.1. The molecule has 0 saturated carbocycles. The van der Waals surface area contributed by atoms with E-state index in [1.807, 2.05) is 12.2 Å². The Morgan fingerprint density at radius 1 is 0.284 bits per heavy atom. The highest BCUT2D eigenvalue weighted by Gasteiger charge is 2.30. The molecule has 0 aliphatic rings. The Morgan fingerprint density at radius 3 is 0.873 bits per heavy atom. The molecule has 0 heterocycles. The van der Waals surface area contributed by atoms with Crippen LogP contribution in [0.15, 0.2) is 109 Å². The molecule has 0 spiro atoms. The van der Waals surface area contributed by atoms with Crippen molar-refractivity contribution in [3.63, 3.8) is 0 Å². The molecule has 2 unspecified atom stereocenters. The van der Waals surface area contributed by atoms with Gasteiger partial charge in [0.25, 0.3) is 0 Å². The van der Waals surface area contributed by atoms with Gasteiger partial charge in [0.1, 0.15) is 19.3 Å². The molecule has 0 amide bonds. The summed E-state index contributed by atoms with van der Waals surface area (Å²) >= 11 is 0. The van der Waals surface area contributed by atoms with Crippen LogP contribution in [0.3, 0.4) is 0 Å². The van der Waals surface area contributed by atoms with Crippen molar-refractivity contribution in [1.29, 1.82) is 0 Å². The zero-order chi connectivity index (χ0) is 74.6. The highest BCUT2D eigenvalue weighted by Crippen LogP contribution is 2.45. The van der Waals surface area contributed by atoms with Gasteiger partial charge in [-0.3, -0.25) is 37.3 Å². The predicted molar refractivity (Wildman–Crippen MR) is 418 cm³/mol. The number of rotatable bonds is 75. The molecule has 0 saturated heterocycles. The largest absolute Gasteiger partial charge is 0.472 e. The number of allylic oxidation sites excluding steroid dienone is 18. The molecule has 0 aromatic rings. The summed E-state index contributed by atoms with van der Waals surface area (Å²) in [6, 6.07) is 0. The van der Waals surface area contributed by atoms with Crippen LogP contribution in [-0.4, -0.2) is 96.7 Å². The van der Waals surface area contributed by atoms with Crippen molar-refractivity contribution in [3.05, 3.63) is 109 Å². The van der Waals surface area contributed by atoms with E-state index >= 15 is 0 Å². The van der Waals surface area contributed by atoms with E-state index in [4.69, 9.17) is 37.0 Å². The van der Waals surface area contributed by atoms with Crippen molar-refractivity contribution in [3.8, 4) is 0 Å². The van der Waals surface area contributed by atoms with Crippen LogP contribution in [0.1, 0.15) is 336 Å². The molecule has 0 radical (unpaired) electrons. The van der Waals surface area contributed by atoms with E-state index in [0.29, 0.717) is 32.1 Å². The van der Waals surface area contributed by atoms with Crippen LogP contribution in [0.5, 0.6) is 0 Å². The van der Waals surface area contributed by atoms with Crippen molar-refractivity contribution in [2.45, 2.75) is 354 Å². The van der Waals surface area contributed by atoms with Gasteiger partial charge in [-0.15, -0.1) is 0 Å². The molecule has 0 bridgehead atoms. The number of carbonyl (C=O) groups is 4. The Labute approximate surface area is 619 Å². The summed E-state index contributed by atoms with van der Waals surface area (Å²) in [7, 11) is -9.98. The van der Waals surface area contributed by atoms with Gasteiger partial charge in [0, 0.05) is 25.7 Å². The van der Waals surface area contributed by atoms with Crippen LogP contribution >= 0.6 is 15.6 Å². The number of unbranched alkanes of at least 4 members (excludes halogenated alkanes) is 33. The number of esters is 4. The first kappa shape index (κ1) is 97.7. The summed E-state index contributed by atoms with van der Waals surface area (Å²) in [6.07, 6.45) is 80.7. The number of hydrogen-bond acceptors (Lipinski definition) is 15. The minimum Gasteiger partial charge on any atom is -0.462 e. The number of hydrogen-bond donors (Lipinski definition) is 3. The highest BCUT2D eigenvalue weighted by molar-refractivity contribution is 7.47. The Hall–Kier alpha value is -4.28. The van der Waals surface area contributed by atoms with E-state index < -0.39 is 97.5 Å². The van der Waals surface area contributed by atoms with Crippen LogP contribution in [0, 0.1) is 0 Å². The Kier molecular flexibility index (Phi) is 71.8. The van der Waals surface area contributed by atoms with E-state index in [-0.39, 0.29) is 25.7 Å². The number of carbonyl (C=O) groups excluding carboxylic acids is 4. The van der Waals surface area contributed by atoms with E-state index in [2.05, 4.69) is 125 Å². The van der Waals surface area contributed by atoms with Crippen molar-refractivity contribution < 1.29 is 80.2 Å². The van der Waals surface area contributed by atoms with Crippen LogP contribution in [0.25, 0.3) is 0 Å². The minimum atomic E-state index is -4.99. The lowest BCUT2D eigenvalue weighted by atomic mass is 10.1. The number of phosphoric ester groups is 2. The molecule has 17 nitrogen and oxygen atoms in total. The first-order valence-electron chi connectivity index (χ1n) is 40.2. The smallest absolute Gasteiger partial charge is 0.462 e. The third-order valence-electron chi connectivity index (χ3n) is 16.7. The van der Waals surface area contributed by atoms with E-state index in [9.17, 15) is 43.2 Å². The second-order valence-electron chi connectivity index (χ2n) is 26.7. The second-order valence-corrected chi connectivity index (χ2v) is 29.6. The molecular weight excluding hydrogens is 1330 g/mol. The lowest BCUT2D eigenvalue weighted by molar-refractivity contribution is -0.161. The molecule has 588 valence electrons. The van der Waals surface area contributed by atoms with Gasteiger partial charge in [-0.1, -0.05) is 278 Å². The zero-order valence-corrected chi connectivity index (χ0v) is 66.0. The Morgan fingerprint density at radius 2 is 0.520 bits per heavy atom. The van der Waals surface area contributed by atoms with Gasteiger partial charge in [0.15, 0.2) is 12.2 Å². The third-order valence-corrected chi connectivity index (χ3v) is 18.6. The quantitative estimate of drug-likeness (QED) is 0.0128. The molecule has 0 fully saturated rings. The lowest BCUT2D eigenvalue weighted by Crippen LogP contribution is -2.30. The topological polar surface area (TPSA) is 237 Å². The van der Waals surface area contributed by atoms with Gasteiger partial charge in [-0.05, 0) is 141 Å². The average Bonchev–Trinajstić information content (AvgIpc) is 0.923.